The van der Waals surface area contributed by atoms with Crippen LogP contribution >= 0.6 is 39.5 Å². The van der Waals surface area contributed by atoms with E-state index in [2.05, 4.69) is 41.8 Å². The molecule has 0 aliphatic carbocycles. The average Bonchev–Trinajstić information content (AvgIpc) is 3.25. The van der Waals surface area contributed by atoms with Crippen molar-refractivity contribution in [2.75, 3.05) is 11.6 Å². The van der Waals surface area contributed by atoms with Gasteiger partial charge in [-0.2, -0.15) is 4.68 Å². The third-order valence-corrected chi connectivity index (χ3v) is 6.13. The third-order valence-electron chi connectivity index (χ3n) is 4.02. The first-order valence-corrected chi connectivity index (χ1v) is 11.6. The molecule has 4 aromatic rings. The molecule has 0 fully saturated rings. The molecule has 0 bridgehead atoms. The molecular weight excluding hydrogens is 484 g/mol. The lowest BCUT2D eigenvalue weighted by Gasteiger charge is -2.11. The highest BCUT2D eigenvalue weighted by molar-refractivity contribution is 9.10. The van der Waals surface area contributed by atoms with E-state index in [4.69, 9.17) is 0 Å². The fraction of sp³-hybridized carbons (Fsp3) is 0.0500. The van der Waals surface area contributed by atoms with Gasteiger partial charge in [-0.15, -0.1) is 5.10 Å². The highest BCUT2D eigenvalue weighted by Gasteiger charge is 2.14. The van der Waals surface area contributed by atoms with Crippen LogP contribution < -0.4 is 5.32 Å². The Morgan fingerprint density at radius 1 is 1.10 bits per heavy atom. The smallest absolute Gasteiger partial charge is 0.256 e. The van der Waals surface area contributed by atoms with E-state index < -0.39 is 0 Å². The number of hydrogen-bond donors (Lipinski definition) is 1. The van der Waals surface area contributed by atoms with Crippen LogP contribution in [-0.4, -0.2) is 37.4 Å². The number of thioether (sulfide) groups is 1. The predicted molar refractivity (Wildman–Crippen MR) is 121 cm³/mol. The SMILES string of the molecule is CSc1nnnn1-c1cccc(NC(=O)c2ccccc2Sc2ccc(Br)cn2)c1. The summed E-state index contributed by atoms with van der Waals surface area (Å²) in [4.78, 5) is 18.2. The number of rotatable bonds is 6. The Labute approximate surface area is 189 Å². The summed E-state index contributed by atoms with van der Waals surface area (Å²) in [6.07, 6.45) is 3.64. The van der Waals surface area contributed by atoms with Crippen molar-refractivity contribution >= 4 is 51.0 Å². The Morgan fingerprint density at radius 2 is 1.97 bits per heavy atom. The van der Waals surface area contributed by atoms with Gasteiger partial charge < -0.3 is 5.32 Å². The molecule has 1 amide bonds. The molecule has 0 spiro atoms. The van der Waals surface area contributed by atoms with Gasteiger partial charge in [-0.1, -0.05) is 41.7 Å². The lowest BCUT2D eigenvalue weighted by atomic mass is 10.2. The second-order valence-corrected chi connectivity index (χ2v) is 8.75. The van der Waals surface area contributed by atoms with Gasteiger partial charge in [0.15, 0.2) is 0 Å². The Balaban J connectivity index is 1.56. The normalized spacial score (nSPS) is 10.7. The zero-order chi connectivity index (χ0) is 20.9. The molecule has 7 nitrogen and oxygen atoms in total. The highest BCUT2D eigenvalue weighted by Crippen LogP contribution is 2.30. The van der Waals surface area contributed by atoms with Gasteiger partial charge in [0, 0.05) is 21.3 Å². The topological polar surface area (TPSA) is 85.6 Å². The summed E-state index contributed by atoms with van der Waals surface area (Å²) >= 11 is 6.27. The fourth-order valence-electron chi connectivity index (χ4n) is 2.66. The van der Waals surface area contributed by atoms with Gasteiger partial charge in [0.2, 0.25) is 5.16 Å². The van der Waals surface area contributed by atoms with Crippen LogP contribution in [-0.2, 0) is 0 Å². The molecule has 0 saturated heterocycles. The van der Waals surface area contributed by atoms with Crippen molar-refractivity contribution in [3.05, 3.63) is 76.9 Å². The van der Waals surface area contributed by atoms with Crippen LogP contribution in [0.1, 0.15) is 10.4 Å². The molecule has 4 rings (SSSR count). The molecule has 10 heteroatoms. The molecule has 30 heavy (non-hydrogen) atoms. The van der Waals surface area contributed by atoms with Gasteiger partial charge in [-0.3, -0.25) is 4.79 Å². The number of carbonyl (C=O) groups is 1. The van der Waals surface area contributed by atoms with Crippen LogP contribution in [0, 0.1) is 0 Å². The van der Waals surface area contributed by atoms with E-state index in [-0.39, 0.29) is 5.91 Å². The molecule has 1 N–H and O–H groups in total. The molecule has 2 heterocycles. The molecule has 0 unspecified atom stereocenters. The number of anilines is 1. The third kappa shape index (κ3) is 4.72. The number of aromatic nitrogens is 5. The zero-order valence-electron chi connectivity index (χ0n) is 15.7. The molecule has 150 valence electrons. The van der Waals surface area contributed by atoms with Crippen LogP contribution in [0.15, 0.2) is 86.4 Å². The number of benzene rings is 2. The van der Waals surface area contributed by atoms with Gasteiger partial charge in [0.1, 0.15) is 5.03 Å². The van der Waals surface area contributed by atoms with Crippen molar-refractivity contribution in [1.82, 2.24) is 25.2 Å². The molecule has 2 aromatic heterocycles. The maximum Gasteiger partial charge on any atom is 0.256 e. The van der Waals surface area contributed by atoms with Crippen LogP contribution in [0.25, 0.3) is 5.69 Å². The quantitative estimate of drug-likeness (QED) is 0.376. The lowest BCUT2D eigenvalue weighted by molar-refractivity contribution is 0.102. The summed E-state index contributed by atoms with van der Waals surface area (Å²) in [5.74, 6) is -0.200. The van der Waals surface area contributed by atoms with Gasteiger partial charge in [0.05, 0.1) is 11.3 Å². The molecular formula is C20H15BrN6OS2. The first-order chi connectivity index (χ1) is 14.6. The molecule has 0 saturated carbocycles. The van der Waals surface area contributed by atoms with Gasteiger partial charge in [-0.25, -0.2) is 4.98 Å². The van der Waals surface area contributed by atoms with Crippen molar-refractivity contribution in [3.8, 4) is 5.69 Å². The first kappa shape index (κ1) is 20.6. The van der Waals surface area contributed by atoms with E-state index in [0.29, 0.717) is 16.4 Å². The molecule has 0 aliphatic heterocycles. The van der Waals surface area contributed by atoms with Crippen molar-refractivity contribution in [2.24, 2.45) is 0 Å². The molecule has 0 atom stereocenters. The number of nitrogens with zero attached hydrogens (tertiary/aromatic N) is 5. The van der Waals surface area contributed by atoms with E-state index in [1.807, 2.05) is 60.9 Å². The predicted octanol–water partition coefficient (Wildman–Crippen LogP) is 4.95. The summed E-state index contributed by atoms with van der Waals surface area (Å²) in [6.45, 7) is 0. The van der Waals surface area contributed by atoms with Crippen molar-refractivity contribution < 1.29 is 4.79 Å². The summed E-state index contributed by atoms with van der Waals surface area (Å²) in [7, 11) is 0. The molecule has 0 aliphatic rings. The van der Waals surface area contributed by atoms with Gasteiger partial charge in [0.25, 0.3) is 5.91 Å². The van der Waals surface area contributed by atoms with Crippen molar-refractivity contribution in [3.63, 3.8) is 0 Å². The Morgan fingerprint density at radius 3 is 2.77 bits per heavy atom. The van der Waals surface area contributed by atoms with Crippen molar-refractivity contribution in [1.29, 1.82) is 0 Å². The molecule has 2 aromatic carbocycles. The van der Waals surface area contributed by atoms with E-state index in [1.54, 1.807) is 16.9 Å². The number of halogens is 1. The Bertz CT molecular complexity index is 1180. The zero-order valence-corrected chi connectivity index (χ0v) is 18.9. The van der Waals surface area contributed by atoms with Crippen molar-refractivity contribution in [2.45, 2.75) is 15.1 Å². The average molecular weight is 499 g/mol. The number of hydrogen-bond acceptors (Lipinski definition) is 7. The number of nitrogens with one attached hydrogen (secondary N) is 1. The van der Waals surface area contributed by atoms with Crippen LogP contribution in [0.5, 0.6) is 0 Å². The van der Waals surface area contributed by atoms with Crippen LogP contribution in [0.4, 0.5) is 5.69 Å². The highest BCUT2D eigenvalue weighted by atomic mass is 79.9. The number of carbonyl (C=O) groups excluding carboxylic acids is 1. The minimum atomic E-state index is -0.200. The van der Waals surface area contributed by atoms with Crippen LogP contribution in [0.3, 0.4) is 0 Å². The number of amides is 1. The summed E-state index contributed by atoms with van der Waals surface area (Å²) < 4.78 is 2.54. The Hall–Kier alpha value is -2.69. The second kappa shape index (κ2) is 9.41. The lowest BCUT2D eigenvalue weighted by Crippen LogP contribution is -2.13. The maximum atomic E-state index is 13.0. The van der Waals surface area contributed by atoms with E-state index in [1.165, 1.54) is 23.5 Å². The maximum absolute atomic E-state index is 13.0. The minimum absolute atomic E-state index is 0.200. The monoisotopic (exact) mass is 498 g/mol. The van der Waals surface area contributed by atoms with E-state index >= 15 is 0 Å². The van der Waals surface area contributed by atoms with E-state index in [0.717, 1.165) is 20.1 Å². The molecule has 0 radical (unpaired) electrons. The minimum Gasteiger partial charge on any atom is -0.322 e. The number of pyridine rings is 1. The van der Waals surface area contributed by atoms with Gasteiger partial charge >= 0.3 is 0 Å². The fourth-order valence-corrected chi connectivity index (χ4v) is 4.21. The first-order valence-electron chi connectivity index (χ1n) is 8.76. The number of tetrazole rings is 1. The Kier molecular flexibility index (Phi) is 6.46. The summed E-state index contributed by atoms with van der Waals surface area (Å²) in [5.41, 5.74) is 2.00. The van der Waals surface area contributed by atoms with E-state index in [9.17, 15) is 4.79 Å². The van der Waals surface area contributed by atoms with Crippen LogP contribution in [0.2, 0.25) is 0 Å². The van der Waals surface area contributed by atoms with Gasteiger partial charge in [-0.05, 0) is 75.1 Å². The standard InChI is InChI=1S/C20H15BrN6OS2/c1-29-20-24-25-26-27(20)15-6-4-5-14(11-15)23-19(28)16-7-2-3-8-17(16)30-18-10-9-13(21)12-22-18/h2-12H,1H3,(H,23,28). The second-order valence-electron chi connectivity index (χ2n) is 5.99. The summed E-state index contributed by atoms with van der Waals surface area (Å²) in [6, 6.07) is 18.7. The summed E-state index contributed by atoms with van der Waals surface area (Å²) in [5, 5.41) is 16.1. The largest absolute Gasteiger partial charge is 0.322 e.